The van der Waals surface area contributed by atoms with Crippen LogP contribution in [-0.4, -0.2) is 18.0 Å². The molecule has 0 spiro atoms. The molecule has 3 atom stereocenters. The lowest BCUT2D eigenvalue weighted by Gasteiger charge is -2.28. The van der Waals surface area contributed by atoms with Crippen molar-refractivity contribution in [3.63, 3.8) is 0 Å². The minimum Gasteiger partial charge on any atom is -0.370 e. The summed E-state index contributed by atoms with van der Waals surface area (Å²) in [6.45, 7) is 6.86. The van der Waals surface area contributed by atoms with E-state index in [1.54, 1.807) is 5.57 Å². The highest BCUT2D eigenvalue weighted by atomic mass is 15.1. The number of hydrogen-bond donors (Lipinski definition) is 0. The monoisotopic (exact) mass is 695 g/mol. The number of aryl methyl sites for hydroxylation is 1. The Morgan fingerprint density at radius 3 is 2.28 bits per heavy atom. The van der Waals surface area contributed by atoms with E-state index in [1.807, 2.05) is 0 Å². The molecule has 1 aliphatic heterocycles. The Labute approximate surface area is 320 Å². The van der Waals surface area contributed by atoms with E-state index >= 15 is 0 Å². The van der Waals surface area contributed by atoms with E-state index in [0.717, 1.165) is 44.9 Å². The summed E-state index contributed by atoms with van der Waals surface area (Å²) in [7, 11) is 2.16. The largest absolute Gasteiger partial charge is 0.370 e. The van der Waals surface area contributed by atoms with Crippen molar-refractivity contribution in [2.45, 2.75) is 77.7 Å². The van der Waals surface area contributed by atoms with E-state index in [1.165, 1.54) is 50.1 Å². The standard InChI is InChI=1S/C52H57N/c1-5-43(39-47-29-15-17-31-50(47)48-30-16-12-21-40(48)2)44-24-14-13-22-42(35-36-44)23-20-32-49(45-25-8-6-9-26-45)51(46-27-10-7-11-28-46)37-34-41(3)52-33-18-19-38-53(52)4/h6-13,15-19,21-22,25-36,38,43,51-52H,5,14,20,23-24,37,39H2,1-4H3. The van der Waals surface area contributed by atoms with Gasteiger partial charge >= 0.3 is 0 Å². The van der Waals surface area contributed by atoms with E-state index in [9.17, 15) is 0 Å². The highest BCUT2D eigenvalue weighted by Gasteiger charge is 2.20. The molecule has 0 N–H and O–H groups in total. The predicted octanol–water partition coefficient (Wildman–Crippen LogP) is 13.8. The normalized spacial score (nSPS) is 17.5. The second-order valence-electron chi connectivity index (χ2n) is 14.8. The highest BCUT2D eigenvalue weighted by Crippen LogP contribution is 2.37. The van der Waals surface area contributed by atoms with Gasteiger partial charge < -0.3 is 4.90 Å². The van der Waals surface area contributed by atoms with E-state index in [0.29, 0.717) is 12.0 Å². The summed E-state index contributed by atoms with van der Waals surface area (Å²) in [6, 6.07) is 40.3. The number of hydrogen-bond acceptors (Lipinski definition) is 1. The van der Waals surface area contributed by atoms with Gasteiger partial charge in [-0.25, -0.2) is 0 Å². The number of allylic oxidation sites excluding steroid dienone is 11. The molecule has 1 heterocycles. The van der Waals surface area contributed by atoms with Crippen LogP contribution < -0.4 is 0 Å². The molecular weight excluding hydrogens is 639 g/mol. The van der Waals surface area contributed by atoms with Gasteiger partial charge in [0, 0.05) is 13.0 Å². The van der Waals surface area contributed by atoms with Crippen molar-refractivity contribution in [2.24, 2.45) is 5.92 Å². The van der Waals surface area contributed by atoms with Crippen LogP contribution in [0, 0.1) is 12.8 Å². The quantitative estimate of drug-likeness (QED) is 0.119. The minimum absolute atomic E-state index is 0.267. The second-order valence-corrected chi connectivity index (χ2v) is 14.8. The summed E-state index contributed by atoms with van der Waals surface area (Å²) in [5, 5.41) is 0. The fourth-order valence-electron chi connectivity index (χ4n) is 8.08. The van der Waals surface area contributed by atoms with E-state index in [4.69, 9.17) is 0 Å². The summed E-state index contributed by atoms with van der Waals surface area (Å²) in [5.41, 5.74) is 14.0. The van der Waals surface area contributed by atoms with E-state index in [2.05, 4.69) is 203 Å². The van der Waals surface area contributed by atoms with Gasteiger partial charge in [-0.15, -0.1) is 0 Å². The van der Waals surface area contributed by atoms with Crippen LogP contribution in [0.3, 0.4) is 0 Å². The molecule has 0 bridgehead atoms. The smallest absolute Gasteiger partial charge is 0.0678 e. The number of benzene rings is 4. The Kier molecular flexibility index (Phi) is 13.5. The lowest BCUT2D eigenvalue weighted by molar-refractivity contribution is 0.417. The molecular formula is C52H57N. The SMILES string of the molecule is CCC(Cc1ccccc1-c1ccccc1C)C1=CC=C(CCC=C(c2ccccc2)C(CC=C(C)C2C=CC=CN2C)c2ccccc2)C=CCC1. The maximum absolute atomic E-state index is 2.53. The first-order chi connectivity index (χ1) is 26.0. The van der Waals surface area contributed by atoms with E-state index < -0.39 is 0 Å². The molecule has 1 heteroatoms. The van der Waals surface area contributed by atoms with Crippen LogP contribution in [0.25, 0.3) is 16.7 Å². The number of rotatable bonds is 14. The molecule has 0 amide bonds. The molecule has 1 nitrogen and oxygen atoms in total. The Morgan fingerprint density at radius 1 is 0.811 bits per heavy atom. The maximum Gasteiger partial charge on any atom is 0.0678 e. The van der Waals surface area contributed by atoms with Crippen molar-refractivity contribution in [3.8, 4) is 11.1 Å². The van der Waals surface area contributed by atoms with Crippen molar-refractivity contribution in [1.29, 1.82) is 0 Å². The van der Waals surface area contributed by atoms with Crippen molar-refractivity contribution in [3.05, 3.63) is 209 Å². The van der Waals surface area contributed by atoms with Crippen LogP contribution in [0.15, 0.2) is 187 Å². The van der Waals surface area contributed by atoms with Gasteiger partial charge in [0.2, 0.25) is 0 Å². The molecule has 0 radical (unpaired) electrons. The van der Waals surface area contributed by atoms with Crippen molar-refractivity contribution in [2.75, 3.05) is 7.05 Å². The highest BCUT2D eigenvalue weighted by molar-refractivity contribution is 5.72. The number of nitrogens with zero attached hydrogens (tertiary/aromatic N) is 1. The van der Waals surface area contributed by atoms with Crippen molar-refractivity contribution >= 4 is 5.57 Å². The first kappa shape index (κ1) is 37.6. The average molecular weight is 696 g/mol. The third-order valence-electron chi connectivity index (χ3n) is 11.2. The Hall–Kier alpha value is -5.14. The first-order valence-electron chi connectivity index (χ1n) is 19.8. The zero-order valence-corrected chi connectivity index (χ0v) is 32.3. The van der Waals surface area contributed by atoms with Gasteiger partial charge in [-0.1, -0.05) is 176 Å². The van der Waals surface area contributed by atoms with Crippen molar-refractivity contribution in [1.82, 2.24) is 4.90 Å². The molecule has 3 unspecified atom stereocenters. The molecule has 4 aromatic rings. The molecule has 0 saturated carbocycles. The van der Waals surface area contributed by atoms with Gasteiger partial charge in [0.1, 0.15) is 0 Å². The maximum atomic E-state index is 2.53. The molecule has 1 aliphatic carbocycles. The molecule has 2 aliphatic rings. The fraction of sp³-hybridized carbons (Fsp3) is 0.269. The lowest BCUT2D eigenvalue weighted by Crippen LogP contribution is -2.27. The molecule has 0 fully saturated rings. The first-order valence-corrected chi connectivity index (χ1v) is 19.8. The van der Waals surface area contributed by atoms with Crippen molar-refractivity contribution < 1.29 is 0 Å². The molecule has 6 rings (SSSR count). The Bertz CT molecular complexity index is 2000. The summed E-state index contributed by atoms with van der Waals surface area (Å²) < 4.78 is 0. The summed E-state index contributed by atoms with van der Waals surface area (Å²) in [5.74, 6) is 0.792. The van der Waals surface area contributed by atoms with Gasteiger partial charge in [-0.05, 0) is 122 Å². The van der Waals surface area contributed by atoms with Gasteiger partial charge in [0.05, 0.1) is 6.04 Å². The molecule has 53 heavy (non-hydrogen) atoms. The Morgan fingerprint density at radius 2 is 1.53 bits per heavy atom. The van der Waals surface area contributed by atoms with Crippen LogP contribution in [-0.2, 0) is 6.42 Å². The molecule has 4 aromatic carbocycles. The summed E-state index contributed by atoms with van der Waals surface area (Å²) in [4.78, 5) is 2.29. The zero-order chi connectivity index (χ0) is 36.8. The average Bonchev–Trinajstić information content (AvgIpc) is 3.18. The fourth-order valence-corrected chi connectivity index (χ4v) is 8.08. The van der Waals surface area contributed by atoms with Crippen LogP contribution in [0.1, 0.15) is 80.5 Å². The van der Waals surface area contributed by atoms with Gasteiger partial charge in [-0.3, -0.25) is 0 Å². The Balaban J connectivity index is 1.24. The molecule has 270 valence electrons. The predicted molar refractivity (Wildman–Crippen MR) is 230 cm³/mol. The van der Waals surface area contributed by atoms with E-state index in [-0.39, 0.29) is 5.92 Å². The minimum atomic E-state index is 0.267. The summed E-state index contributed by atoms with van der Waals surface area (Å²) >= 11 is 0. The molecule has 0 aromatic heterocycles. The summed E-state index contributed by atoms with van der Waals surface area (Å²) in [6.07, 6.45) is 30.8. The van der Waals surface area contributed by atoms with Crippen LogP contribution in [0.2, 0.25) is 0 Å². The van der Waals surface area contributed by atoms with Crippen LogP contribution in [0.4, 0.5) is 0 Å². The van der Waals surface area contributed by atoms with Crippen LogP contribution in [0.5, 0.6) is 0 Å². The second kappa shape index (κ2) is 19.1. The zero-order valence-electron chi connectivity index (χ0n) is 32.3. The van der Waals surface area contributed by atoms with Crippen LogP contribution >= 0.6 is 0 Å². The van der Waals surface area contributed by atoms with Gasteiger partial charge in [0.25, 0.3) is 0 Å². The third kappa shape index (κ3) is 10.1. The third-order valence-corrected chi connectivity index (χ3v) is 11.2. The lowest BCUT2D eigenvalue weighted by atomic mass is 9.82. The van der Waals surface area contributed by atoms with Gasteiger partial charge in [-0.2, -0.15) is 0 Å². The number of likely N-dealkylation sites (N-methyl/N-ethyl adjacent to an activating group) is 1. The molecule has 0 saturated heterocycles. The topological polar surface area (TPSA) is 3.24 Å². The van der Waals surface area contributed by atoms with Gasteiger partial charge in [0.15, 0.2) is 0 Å².